The molecule has 6 heteroatoms. The van der Waals surface area contributed by atoms with Crippen molar-refractivity contribution in [2.24, 2.45) is 7.05 Å². The number of rotatable bonds is 3. The fraction of sp³-hybridized carbons (Fsp3) is 0.292. The van der Waals surface area contributed by atoms with Crippen LogP contribution in [0.5, 0.6) is 5.75 Å². The van der Waals surface area contributed by atoms with Gasteiger partial charge in [-0.25, -0.2) is 0 Å². The van der Waals surface area contributed by atoms with Gasteiger partial charge in [-0.2, -0.15) is 4.57 Å². The molecule has 0 unspecified atom stereocenters. The first kappa shape index (κ1) is 27.6. The van der Waals surface area contributed by atoms with Crippen LogP contribution in [-0.4, -0.2) is 6.54 Å². The van der Waals surface area contributed by atoms with Crippen molar-refractivity contribution in [1.82, 2.24) is 0 Å². The number of hydrogen-bond donors (Lipinski definition) is 0. The van der Waals surface area contributed by atoms with Crippen LogP contribution in [-0.2, 0) is 7.05 Å². The second-order valence-corrected chi connectivity index (χ2v) is 6.81. The number of aromatic nitrogens is 1. The molecule has 0 aliphatic carbocycles. The van der Waals surface area contributed by atoms with Crippen molar-refractivity contribution >= 4 is 46.1 Å². The topological polar surface area (TPSA) is 29.5 Å². The van der Waals surface area contributed by atoms with E-state index in [1.165, 1.54) is 0 Å². The first-order chi connectivity index (χ1) is 12.6. The molecule has 2 aromatic carbocycles. The zero-order valence-electron chi connectivity index (χ0n) is 14.4. The molecule has 4 rings (SSSR count). The van der Waals surface area contributed by atoms with Gasteiger partial charge in [-0.3, -0.25) is 0 Å². The number of halogens is 2. The van der Waals surface area contributed by atoms with Gasteiger partial charge in [0.1, 0.15) is 7.05 Å². The lowest BCUT2D eigenvalue weighted by Gasteiger charge is -2.14. The Labute approximate surface area is 191 Å². The average Bonchev–Trinajstić information content (AvgIpc) is 3.12. The summed E-state index contributed by atoms with van der Waals surface area (Å²) in [5.74, 6) is 2.28. The van der Waals surface area contributed by atoms with Gasteiger partial charge in [-0.15, -0.1) is 0 Å². The predicted molar refractivity (Wildman–Crippen MR) is 132 cm³/mol. The largest absolute Gasteiger partial charge is 0.439 e. The van der Waals surface area contributed by atoms with Gasteiger partial charge in [0, 0.05) is 22.7 Å². The van der Waals surface area contributed by atoms with Gasteiger partial charge >= 0.3 is 5.89 Å². The van der Waals surface area contributed by atoms with E-state index >= 15 is 0 Å². The van der Waals surface area contributed by atoms with E-state index in [4.69, 9.17) is 32.4 Å². The molecule has 164 valence electrons. The Morgan fingerprint density at radius 1 is 1.00 bits per heavy atom. The van der Waals surface area contributed by atoms with E-state index in [0.717, 1.165) is 40.9 Å². The maximum absolute atomic E-state index is 6.10. The second-order valence-electron chi connectivity index (χ2n) is 5.93. The van der Waals surface area contributed by atoms with Gasteiger partial charge < -0.3 is 14.1 Å². The van der Waals surface area contributed by atoms with E-state index in [0.29, 0.717) is 10.0 Å². The summed E-state index contributed by atoms with van der Waals surface area (Å²) in [6, 6.07) is 11.2. The van der Waals surface area contributed by atoms with E-state index in [1.807, 2.05) is 66.2 Å². The van der Waals surface area contributed by atoms with Crippen LogP contribution in [0.1, 0.15) is 42.5 Å². The third-order valence-corrected chi connectivity index (χ3v) is 4.78. The molecule has 0 radical (unpaired) electrons. The smallest absolute Gasteiger partial charge is 0.373 e. The fourth-order valence-corrected chi connectivity index (χ4v) is 3.35. The number of nitrogens with zero attached hydrogens (tertiary/aromatic N) is 2. The predicted octanol–water partition coefficient (Wildman–Crippen LogP) is 7.88. The van der Waals surface area contributed by atoms with Gasteiger partial charge in [-0.05, 0) is 49.4 Å². The number of anilines is 1. The lowest BCUT2D eigenvalue weighted by atomic mass is 10.3. The Hall–Kier alpha value is -2.43. The molecular formula is C24H33Cl2N2O2+. The molecule has 1 aliphatic rings. The summed E-state index contributed by atoms with van der Waals surface area (Å²) in [5, 5.41) is 1.37. The van der Waals surface area contributed by atoms with Crippen LogP contribution in [0.25, 0.3) is 17.2 Å². The number of hydrogen-bond acceptors (Lipinski definition) is 3. The Kier molecular flexibility index (Phi) is 10.2. The standard InChI is InChI=1S/C20H17Cl2N2O2.4CH4/c1-3-24-16-12-14(22)8-10-18(16)26-20(24)6-4-5-19-23(2)15-11-13(21)7-9-17(15)25-19;;;;/h4-12H,3H2,1-2H3;4*1H4/q+1;;;;. The van der Waals surface area contributed by atoms with Crippen LogP contribution < -0.4 is 14.2 Å². The van der Waals surface area contributed by atoms with Gasteiger partial charge in [-0.1, -0.05) is 52.9 Å². The molecule has 1 aromatic heterocycles. The van der Waals surface area contributed by atoms with Gasteiger partial charge in [0.2, 0.25) is 11.5 Å². The number of oxazole rings is 1. The van der Waals surface area contributed by atoms with Crippen molar-refractivity contribution in [2.75, 3.05) is 11.4 Å². The highest BCUT2D eigenvalue weighted by molar-refractivity contribution is 6.31. The van der Waals surface area contributed by atoms with E-state index < -0.39 is 0 Å². The van der Waals surface area contributed by atoms with Crippen molar-refractivity contribution < 1.29 is 13.7 Å². The average molecular weight is 452 g/mol. The molecule has 0 spiro atoms. The number of ether oxygens (including phenoxy) is 1. The molecule has 3 aromatic rings. The molecule has 30 heavy (non-hydrogen) atoms. The zero-order chi connectivity index (χ0) is 18.3. The quantitative estimate of drug-likeness (QED) is 0.379. The summed E-state index contributed by atoms with van der Waals surface area (Å²) in [4.78, 5) is 2.07. The summed E-state index contributed by atoms with van der Waals surface area (Å²) in [7, 11) is 1.94. The van der Waals surface area contributed by atoms with Gasteiger partial charge in [0.05, 0.1) is 11.8 Å². The first-order valence-corrected chi connectivity index (χ1v) is 9.04. The molecule has 4 nitrogen and oxygen atoms in total. The monoisotopic (exact) mass is 451 g/mol. The minimum atomic E-state index is 0. The number of fused-ring (bicyclic) bond motifs is 2. The Morgan fingerprint density at radius 3 is 2.37 bits per heavy atom. The molecule has 0 fully saturated rings. The molecule has 0 bridgehead atoms. The SMILES string of the molecule is C.C.C.C.CCN1C(=CC=Cc2oc3ccc(Cl)cc3[n+]2C)Oc2ccc(Cl)cc21. The van der Waals surface area contributed by atoms with Crippen LogP contribution in [0, 0.1) is 0 Å². The molecule has 0 N–H and O–H groups in total. The summed E-state index contributed by atoms with van der Waals surface area (Å²) in [6.07, 6.45) is 5.72. The second kappa shape index (κ2) is 11.1. The molecule has 0 amide bonds. The normalized spacial score (nSPS) is 13.2. The van der Waals surface area contributed by atoms with Gasteiger partial charge in [0.15, 0.2) is 5.75 Å². The van der Waals surface area contributed by atoms with Crippen LogP contribution in [0.3, 0.4) is 0 Å². The highest BCUT2D eigenvalue weighted by atomic mass is 35.5. The van der Waals surface area contributed by atoms with Crippen molar-refractivity contribution in [1.29, 1.82) is 0 Å². The maximum atomic E-state index is 6.10. The van der Waals surface area contributed by atoms with E-state index in [2.05, 4.69) is 11.8 Å². The lowest BCUT2D eigenvalue weighted by molar-refractivity contribution is -0.652. The summed E-state index contributed by atoms with van der Waals surface area (Å²) >= 11 is 12.2. The molecular weight excluding hydrogens is 419 g/mol. The highest BCUT2D eigenvalue weighted by Gasteiger charge is 2.24. The molecule has 1 aliphatic heterocycles. The lowest BCUT2D eigenvalue weighted by Crippen LogP contribution is -2.29. The van der Waals surface area contributed by atoms with Crippen molar-refractivity contribution in [3.8, 4) is 5.75 Å². The summed E-state index contributed by atoms with van der Waals surface area (Å²) in [5.41, 5.74) is 2.71. The number of allylic oxidation sites excluding steroid dienone is 2. The van der Waals surface area contributed by atoms with E-state index in [1.54, 1.807) is 0 Å². The fourth-order valence-electron chi connectivity index (χ4n) is 3.02. The first-order valence-electron chi connectivity index (χ1n) is 8.28. The molecule has 2 heterocycles. The van der Waals surface area contributed by atoms with E-state index in [-0.39, 0.29) is 29.7 Å². The zero-order valence-corrected chi connectivity index (χ0v) is 15.9. The maximum Gasteiger partial charge on any atom is 0.373 e. The Morgan fingerprint density at radius 2 is 1.67 bits per heavy atom. The summed E-state index contributed by atoms with van der Waals surface area (Å²) < 4.78 is 13.8. The Bertz CT molecular complexity index is 1050. The van der Waals surface area contributed by atoms with Crippen molar-refractivity contribution in [3.05, 3.63) is 70.4 Å². The third-order valence-electron chi connectivity index (χ3n) is 4.31. The highest BCUT2D eigenvalue weighted by Crippen LogP contribution is 2.40. The third kappa shape index (κ3) is 5.00. The molecule has 0 saturated carbocycles. The van der Waals surface area contributed by atoms with Crippen molar-refractivity contribution in [2.45, 2.75) is 36.6 Å². The van der Waals surface area contributed by atoms with Crippen LogP contribution in [0.15, 0.2) is 58.9 Å². The van der Waals surface area contributed by atoms with Crippen LogP contribution in [0.2, 0.25) is 10.0 Å². The minimum absolute atomic E-state index is 0. The molecule has 0 atom stereocenters. The number of aryl methyl sites for hydroxylation is 1. The van der Waals surface area contributed by atoms with E-state index in [9.17, 15) is 0 Å². The van der Waals surface area contributed by atoms with Crippen LogP contribution >= 0.6 is 23.2 Å². The van der Waals surface area contributed by atoms with Crippen molar-refractivity contribution in [3.63, 3.8) is 0 Å². The number of benzene rings is 2. The molecule has 0 saturated heterocycles. The summed E-state index contributed by atoms with van der Waals surface area (Å²) in [6.45, 7) is 2.85. The Balaban J connectivity index is 0.00000210. The minimum Gasteiger partial charge on any atom is -0.439 e. The van der Waals surface area contributed by atoms with Crippen LogP contribution in [0.4, 0.5) is 5.69 Å². The van der Waals surface area contributed by atoms with Gasteiger partial charge in [0.25, 0.3) is 5.52 Å².